The lowest BCUT2D eigenvalue weighted by Gasteiger charge is -2.33. The summed E-state index contributed by atoms with van der Waals surface area (Å²) in [5.74, 6) is 1.16. The molecule has 3 heterocycles. The molecule has 1 aliphatic rings. The van der Waals surface area contributed by atoms with E-state index in [0.717, 1.165) is 43.0 Å². The lowest BCUT2D eigenvalue weighted by molar-refractivity contribution is -0.116. The predicted octanol–water partition coefficient (Wildman–Crippen LogP) is 2.26. The highest BCUT2D eigenvalue weighted by Crippen LogP contribution is 2.27. The van der Waals surface area contributed by atoms with Gasteiger partial charge in [-0.2, -0.15) is 0 Å². The summed E-state index contributed by atoms with van der Waals surface area (Å²) in [6.07, 6.45) is 8.23. The van der Waals surface area contributed by atoms with Crippen LogP contribution in [0.3, 0.4) is 0 Å². The zero-order chi connectivity index (χ0) is 17.5. The van der Waals surface area contributed by atoms with E-state index >= 15 is 0 Å². The van der Waals surface area contributed by atoms with Gasteiger partial charge in [-0.1, -0.05) is 6.07 Å². The summed E-state index contributed by atoms with van der Waals surface area (Å²) >= 11 is 0. The third-order valence-corrected chi connectivity index (χ3v) is 4.60. The minimum absolute atomic E-state index is 0.0247. The Balaban J connectivity index is 1.60. The van der Waals surface area contributed by atoms with E-state index in [4.69, 9.17) is 0 Å². The van der Waals surface area contributed by atoms with Gasteiger partial charge in [0.1, 0.15) is 0 Å². The molecule has 1 aliphatic heterocycles. The van der Waals surface area contributed by atoms with Crippen LogP contribution < -0.4 is 10.2 Å². The van der Waals surface area contributed by atoms with Gasteiger partial charge >= 0.3 is 0 Å². The Hall–Kier alpha value is -2.47. The molecule has 0 bridgehead atoms. The molecule has 132 valence electrons. The molecule has 2 aromatic heterocycles. The van der Waals surface area contributed by atoms with E-state index in [1.54, 1.807) is 18.6 Å². The number of amides is 1. The molecule has 1 amide bonds. The average molecular weight is 340 g/mol. The minimum atomic E-state index is -0.0247. The van der Waals surface area contributed by atoms with Crippen LogP contribution in [0, 0.1) is 5.92 Å². The van der Waals surface area contributed by atoms with Crippen LogP contribution in [0.4, 0.5) is 11.5 Å². The number of aromatic nitrogens is 2. The fourth-order valence-electron chi connectivity index (χ4n) is 3.09. The molecule has 2 N–H and O–H groups in total. The van der Waals surface area contributed by atoms with Crippen LogP contribution in [0.15, 0.2) is 42.9 Å². The van der Waals surface area contributed by atoms with Gasteiger partial charge in [0.25, 0.3) is 0 Å². The Bertz CT molecular complexity index is 685. The van der Waals surface area contributed by atoms with E-state index in [-0.39, 0.29) is 12.5 Å². The number of nitrogens with zero attached hydrogens (tertiary/aromatic N) is 3. The smallest absolute Gasteiger partial charge is 0.224 e. The average Bonchev–Trinajstić information content (AvgIpc) is 2.68. The molecular formula is C19H24N4O2. The Labute approximate surface area is 147 Å². The number of hydrogen-bond donors (Lipinski definition) is 2. The zero-order valence-electron chi connectivity index (χ0n) is 14.3. The van der Waals surface area contributed by atoms with E-state index in [1.807, 2.05) is 24.3 Å². The van der Waals surface area contributed by atoms with Crippen LogP contribution in [-0.4, -0.2) is 40.7 Å². The molecular weight excluding hydrogens is 316 g/mol. The molecule has 0 aromatic carbocycles. The van der Waals surface area contributed by atoms with Crippen molar-refractivity contribution in [2.24, 2.45) is 5.92 Å². The second kappa shape index (κ2) is 8.58. The van der Waals surface area contributed by atoms with E-state index in [9.17, 15) is 9.90 Å². The summed E-state index contributed by atoms with van der Waals surface area (Å²) in [5, 5.41) is 12.3. The Morgan fingerprint density at radius 1 is 1.24 bits per heavy atom. The maximum atomic E-state index is 12.3. The highest BCUT2D eigenvalue weighted by atomic mass is 16.3. The predicted molar refractivity (Wildman–Crippen MR) is 97.4 cm³/mol. The van der Waals surface area contributed by atoms with Gasteiger partial charge in [-0.3, -0.25) is 9.78 Å². The minimum Gasteiger partial charge on any atom is -0.396 e. The number of anilines is 2. The molecule has 0 atom stereocenters. The number of aliphatic hydroxyl groups is 1. The number of rotatable bonds is 6. The van der Waals surface area contributed by atoms with Crippen LogP contribution >= 0.6 is 0 Å². The summed E-state index contributed by atoms with van der Waals surface area (Å²) in [5.41, 5.74) is 1.80. The fraction of sp³-hybridized carbons (Fsp3) is 0.421. The SMILES string of the molecule is O=C(CCc1cccnc1)Nc1cccnc1N1CCC(CO)CC1. The molecule has 1 saturated heterocycles. The number of carbonyl (C=O) groups excluding carboxylic acids is 1. The molecule has 0 radical (unpaired) electrons. The maximum absolute atomic E-state index is 12.3. The fourth-order valence-corrected chi connectivity index (χ4v) is 3.09. The van der Waals surface area contributed by atoms with Gasteiger partial charge in [-0.15, -0.1) is 0 Å². The summed E-state index contributed by atoms with van der Waals surface area (Å²) in [6, 6.07) is 7.58. The summed E-state index contributed by atoms with van der Waals surface area (Å²) in [4.78, 5) is 23.0. The van der Waals surface area contributed by atoms with Crippen molar-refractivity contribution in [2.75, 3.05) is 29.9 Å². The molecule has 0 saturated carbocycles. The first-order valence-corrected chi connectivity index (χ1v) is 8.76. The molecule has 6 heteroatoms. The highest BCUT2D eigenvalue weighted by molar-refractivity contribution is 5.93. The first kappa shape index (κ1) is 17.4. The molecule has 1 fully saturated rings. The van der Waals surface area contributed by atoms with Gasteiger partial charge in [-0.05, 0) is 48.9 Å². The van der Waals surface area contributed by atoms with Crippen molar-refractivity contribution < 1.29 is 9.90 Å². The molecule has 0 aliphatic carbocycles. The van der Waals surface area contributed by atoms with Gasteiger partial charge in [0.15, 0.2) is 5.82 Å². The summed E-state index contributed by atoms with van der Waals surface area (Å²) < 4.78 is 0. The van der Waals surface area contributed by atoms with Gasteiger partial charge in [-0.25, -0.2) is 4.98 Å². The molecule has 0 spiro atoms. The lowest BCUT2D eigenvalue weighted by atomic mass is 9.98. The van der Waals surface area contributed by atoms with Crippen molar-refractivity contribution in [1.82, 2.24) is 9.97 Å². The van der Waals surface area contributed by atoms with Crippen molar-refractivity contribution in [3.8, 4) is 0 Å². The summed E-state index contributed by atoms with van der Waals surface area (Å²) in [6.45, 7) is 1.94. The van der Waals surface area contributed by atoms with Crippen LogP contribution in [-0.2, 0) is 11.2 Å². The molecule has 3 rings (SSSR count). The number of aliphatic hydroxyl groups excluding tert-OH is 1. The normalized spacial score (nSPS) is 15.2. The lowest BCUT2D eigenvalue weighted by Crippen LogP contribution is -2.35. The quantitative estimate of drug-likeness (QED) is 0.843. The molecule has 0 unspecified atom stereocenters. The Morgan fingerprint density at radius 3 is 2.76 bits per heavy atom. The first-order chi connectivity index (χ1) is 12.3. The maximum Gasteiger partial charge on any atom is 0.224 e. The topological polar surface area (TPSA) is 78.4 Å². The number of pyridine rings is 2. The number of hydrogen-bond acceptors (Lipinski definition) is 5. The number of aryl methyl sites for hydroxylation is 1. The molecule has 25 heavy (non-hydrogen) atoms. The Kier molecular flexibility index (Phi) is 5.95. The highest BCUT2D eigenvalue weighted by Gasteiger charge is 2.21. The first-order valence-electron chi connectivity index (χ1n) is 8.76. The van der Waals surface area contributed by atoms with Crippen molar-refractivity contribution in [1.29, 1.82) is 0 Å². The monoisotopic (exact) mass is 340 g/mol. The third kappa shape index (κ3) is 4.76. The van der Waals surface area contributed by atoms with Crippen molar-refractivity contribution in [2.45, 2.75) is 25.7 Å². The number of piperidine rings is 1. The number of nitrogens with one attached hydrogen (secondary N) is 1. The van der Waals surface area contributed by atoms with Gasteiger partial charge in [0, 0.05) is 44.7 Å². The van der Waals surface area contributed by atoms with Crippen LogP contribution in [0.25, 0.3) is 0 Å². The van der Waals surface area contributed by atoms with E-state index < -0.39 is 0 Å². The van der Waals surface area contributed by atoms with Gasteiger partial charge in [0.2, 0.25) is 5.91 Å². The number of carbonyl (C=O) groups is 1. The van der Waals surface area contributed by atoms with E-state index in [1.165, 1.54) is 0 Å². The summed E-state index contributed by atoms with van der Waals surface area (Å²) in [7, 11) is 0. The van der Waals surface area contributed by atoms with E-state index in [0.29, 0.717) is 18.8 Å². The van der Waals surface area contributed by atoms with Crippen molar-refractivity contribution in [3.63, 3.8) is 0 Å². The standard InChI is InChI=1S/C19H24N4O2/c24-14-16-7-11-23(12-8-16)19-17(4-2-10-21-19)22-18(25)6-5-15-3-1-9-20-13-15/h1-4,9-10,13,16,24H,5-8,11-12,14H2,(H,22,25). The van der Waals surface area contributed by atoms with Gasteiger partial charge in [0.05, 0.1) is 5.69 Å². The van der Waals surface area contributed by atoms with Crippen LogP contribution in [0.2, 0.25) is 0 Å². The van der Waals surface area contributed by atoms with Crippen LogP contribution in [0.5, 0.6) is 0 Å². The van der Waals surface area contributed by atoms with Crippen molar-refractivity contribution in [3.05, 3.63) is 48.4 Å². The second-order valence-electron chi connectivity index (χ2n) is 6.40. The third-order valence-electron chi connectivity index (χ3n) is 4.60. The molecule has 6 nitrogen and oxygen atoms in total. The molecule has 2 aromatic rings. The zero-order valence-corrected chi connectivity index (χ0v) is 14.3. The van der Waals surface area contributed by atoms with Gasteiger partial charge < -0.3 is 15.3 Å². The van der Waals surface area contributed by atoms with Crippen LogP contribution in [0.1, 0.15) is 24.8 Å². The second-order valence-corrected chi connectivity index (χ2v) is 6.40. The van der Waals surface area contributed by atoms with E-state index in [2.05, 4.69) is 20.2 Å². The largest absolute Gasteiger partial charge is 0.396 e. The Morgan fingerprint density at radius 2 is 2.04 bits per heavy atom. The van der Waals surface area contributed by atoms with Crippen molar-refractivity contribution >= 4 is 17.4 Å².